The molecular formula is C17H20F3N3O2S. The minimum atomic E-state index is -4.53. The van der Waals surface area contributed by atoms with Crippen LogP contribution >= 0.6 is 11.8 Å². The Morgan fingerprint density at radius 2 is 2.19 bits per heavy atom. The number of hydrogen-bond donors (Lipinski definition) is 1. The molecule has 1 fully saturated rings. The summed E-state index contributed by atoms with van der Waals surface area (Å²) in [7, 11) is 0. The normalized spacial score (nSPS) is 19.6. The van der Waals surface area contributed by atoms with Gasteiger partial charge in [0.2, 0.25) is 11.7 Å². The predicted molar refractivity (Wildman–Crippen MR) is 92.6 cm³/mol. The summed E-state index contributed by atoms with van der Waals surface area (Å²) in [6.45, 7) is 2.52. The van der Waals surface area contributed by atoms with E-state index in [-0.39, 0.29) is 23.0 Å². The number of furan rings is 1. The Bertz CT molecular complexity index is 771. The molecule has 2 atom stereocenters. The van der Waals surface area contributed by atoms with Gasteiger partial charge >= 0.3 is 6.18 Å². The highest BCUT2D eigenvalue weighted by molar-refractivity contribution is 7.99. The molecule has 0 aliphatic carbocycles. The molecule has 1 amide bonds. The number of nitrogens with one attached hydrogen (secondary N) is 1. The lowest BCUT2D eigenvalue weighted by atomic mass is 10.0. The topological polar surface area (TPSA) is 62.1 Å². The molecule has 2 unspecified atom stereocenters. The van der Waals surface area contributed by atoms with Gasteiger partial charge in [-0.25, -0.2) is 4.98 Å². The van der Waals surface area contributed by atoms with Crippen molar-refractivity contribution in [3.05, 3.63) is 29.9 Å². The number of carbonyl (C=O) groups is 1. The number of nitrogens with zero attached hydrogens (tertiary/aromatic N) is 2. The Kier molecular flexibility index (Phi) is 5.36. The van der Waals surface area contributed by atoms with Crippen LogP contribution in [0, 0.1) is 0 Å². The molecule has 1 saturated heterocycles. The monoisotopic (exact) mass is 387 g/mol. The molecule has 3 heterocycles. The lowest BCUT2D eigenvalue weighted by Gasteiger charge is -2.36. The van der Waals surface area contributed by atoms with Gasteiger partial charge in [0.15, 0.2) is 5.76 Å². The van der Waals surface area contributed by atoms with Gasteiger partial charge in [0.25, 0.3) is 0 Å². The standard InChI is InChI=1S/C17H20F3N3O2S/c1-10(26-2)16(24)23-8-4-3-5-12(23)15-21-9-11(22-15)13-6-7-14(25-13)17(18,19)20/h6-7,9-10,12H,3-5,8H2,1-2H3,(H,21,22). The van der Waals surface area contributed by atoms with E-state index in [1.807, 2.05) is 18.1 Å². The van der Waals surface area contributed by atoms with Crippen molar-refractivity contribution in [2.45, 2.75) is 43.7 Å². The Balaban J connectivity index is 1.83. The molecule has 1 aliphatic rings. The first-order valence-corrected chi connectivity index (χ1v) is 9.65. The average Bonchev–Trinajstić information content (AvgIpc) is 3.29. The molecule has 0 radical (unpaired) electrons. The van der Waals surface area contributed by atoms with E-state index in [2.05, 4.69) is 9.97 Å². The molecule has 142 valence electrons. The number of likely N-dealkylation sites (tertiary alicyclic amines) is 1. The molecule has 0 saturated carbocycles. The number of aromatic nitrogens is 2. The Hall–Kier alpha value is -1.90. The molecule has 26 heavy (non-hydrogen) atoms. The van der Waals surface area contributed by atoms with Crippen LogP contribution in [-0.2, 0) is 11.0 Å². The molecule has 2 aromatic rings. The van der Waals surface area contributed by atoms with E-state index in [1.54, 1.807) is 0 Å². The number of amides is 1. The SMILES string of the molecule is CSC(C)C(=O)N1CCCCC1c1ncc(-c2ccc(C(F)(F)F)o2)[nH]1. The number of aromatic amines is 1. The second-order valence-corrected chi connectivity index (χ2v) is 7.44. The van der Waals surface area contributed by atoms with Crippen molar-refractivity contribution in [2.75, 3.05) is 12.8 Å². The number of rotatable bonds is 4. The molecule has 5 nitrogen and oxygen atoms in total. The fraction of sp³-hybridized carbons (Fsp3) is 0.529. The highest BCUT2D eigenvalue weighted by atomic mass is 32.2. The highest BCUT2D eigenvalue weighted by Crippen LogP contribution is 2.35. The summed E-state index contributed by atoms with van der Waals surface area (Å²) in [5.74, 6) is -0.349. The average molecular weight is 387 g/mol. The summed E-state index contributed by atoms with van der Waals surface area (Å²) in [6, 6.07) is 1.96. The van der Waals surface area contributed by atoms with Gasteiger partial charge in [-0.3, -0.25) is 4.79 Å². The summed E-state index contributed by atoms with van der Waals surface area (Å²) in [6.07, 6.45) is 1.49. The Morgan fingerprint density at radius 1 is 1.42 bits per heavy atom. The first kappa shape index (κ1) is 18.9. The summed E-state index contributed by atoms with van der Waals surface area (Å²) < 4.78 is 43.0. The quantitative estimate of drug-likeness (QED) is 0.839. The van der Waals surface area contributed by atoms with Gasteiger partial charge in [-0.15, -0.1) is 0 Å². The van der Waals surface area contributed by atoms with E-state index in [0.717, 1.165) is 25.3 Å². The maximum absolute atomic E-state index is 12.7. The number of hydrogen-bond acceptors (Lipinski definition) is 4. The van der Waals surface area contributed by atoms with Crippen molar-refractivity contribution in [3.63, 3.8) is 0 Å². The number of piperidine rings is 1. The Labute approximate surface area is 153 Å². The van der Waals surface area contributed by atoms with Crippen LogP contribution in [0.5, 0.6) is 0 Å². The third-order valence-electron chi connectivity index (χ3n) is 4.55. The van der Waals surface area contributed by atoms with Gasteiger partial charge in [0, 0.05) is 6.54 Å². The van der Waals surface area contributed by atoms with Crippen molar-refractivity contribution in [3.8, 4) is 11.5 Å². The van der Waals surface area contributed by atoms with E-state index in [4.69, 9.17) is 4.42 Å². The van der Waals surface area contributed by atoms with Gasteiger partial charge in [-0.05, 0) is 44.6 Å². The minimum absolute atomic E-state index is 0.0532. The maximum Gasteiger partial charge on any atom is 0.449 e. The second kappa shape index (κ2) is 7.38. The molecule has 0 spiro atoms. The molecule has 3 rings (SSSR count). The van der Waals surface area contributed by atoms with Crippen molar-refractivity contribution < 1.29 is 22.4 Å². The maximum atomic E-state index is 12.7. The van der Waals surface area contributed by atoms with Crippen LogP contribution in [-0.4, -0.2) is 38.8 Å². The van der Waals surface area contributed by atoms with Crippen molar-refractivity contribution in [2.24, 2.45) is 0 Å². The minimum Gasteiger partial charge on any atom is -0.450 e. The zero-order valence-corrected chi connectivity index (χ0v) is 15.3. The number of alkyl halides is 3. The van der Waals surface area contributed by atoms with E-state index in [0.29, 0.717) is 18.1 Å². The van der Waals surface area contributed by atoms with Gasteiger partial charge < -0.3 is 14.3 Å². The van der Waals surface area contributed by atoms with E-state index in [9.17, 15) is 18.0 Å². The summed E-state index contributed by atoms with van der Waals surface area (Å²) in [5.41, 5.74) is 0.367. The third-order valence-corrected chi connectivity index (χ3v) is 5.46. The zero-order valence-electron chi connectivity index (χ0n) is 14.5. The van der Waals surface area contributed by atoms with Gasteiger partial charge in [0.1, 0.15) is 11.5 Å². The fourth-order valence-corrected chi connectivity index (χ4v) is 3.42. The van der Waals surface area contributed by atoms with Crippen molar-refractivity contribution >= 4 is 17.7 Å². The second-order valence-electron chi connectivity index (χ2n) is 6.26. The largest absolute Gasteiger partial charge is 0.450 e. The van der Waals surface area contributed by atoms with Gasteiger partial charge in [-0.1, -0.05) is 0 Å². The smallest absolute Gasteiger partial charge is 0.449 e. The number of halogens is 3. The van der Waals surface area contributed by atoms with Gasteiger partial charge in [0.05, 0.1) is 17.5 Å². The first-order chi connectivity index (χ1) is 12.3. The first-order valence-electron chi connectivity index (χ1n) is 8.37. The van der Waals surface area contributed by atoms with E-state index < -0.39 is 11.9 Å². The molecule has 1 aliphatic heterocycles. The van der Waals surface area contributed by atoms with E-state index in [1.165, 1.54) is 24.0 Å². The van der Waals surface area contributed by atoms with Gasteiger partial charge in [-0.2, -0.15) is 24.9 Å². The number of H-pyrrole nitrogens is 1. The third kappa shape index (κ3) is 3.77. The lowest BCUT2D eigenvalue weighted by Crippen LogP contribution is -2.42. The number of imidazole rings is 1. The van der Waals surface area contributed by atoms with E-state index >= 15 is 0 Å². The van der Waals surface area contributed by atoms with Crippen LogP contribution in [0.3, 0.4) is 0 Å². The van der Waals surface area contributed by atoms with Crippen molar-refractivity contribution in [1.82, 2.24) is 14.9 Å². The van der Waals surface area contributed by atoms with Crippen LogP contribution < -0.4 is 0 Å². The van der Waals surface area contributed by atoms with Crippen molar-refractivity contribution in [1.29, 1.82) is 0 Å². The predicted octanol–water partition coefficient (Wildman–Crippen LogP) is 4.49. The van der Waals surface area contributed by atoms with Crippen LogP contribution in [0.2, 0.25) is 0 Å². The molecule has 2 aromatic heterocycles. The van der Waals surface area contributed by atoms with Crippen LogP contribution in [0.4, 0.5) is 13.2 Å². The zero-order chi connectivity index (χ0) is 18.9. The highest BCUT2D eigenvalue weighted by Gasteiger charge is 2.35. The summed E-state index contributed by atoms with van der Waals surface area (Å²) in [4.78, 5) is 21.8. The molecule has 9 heteroatoms. The van der Waals surface area contributed by atoms with Crippen LogP contribution in [0.25, 0.3) is 11.5 Å². The molecule has 0 bridgehead atoms. The van der Waals surface area contributed by atoms with Crippen LogP contribution in [0.15, 0.2) is 22.7 Å². The Morgan fingerprint density at radius 3 is 2.85 bits per heavy atom. The van der Waals surface area contributed by atoms with Crippen LogP contribution in [0.1, 0.15) is 43.8 Å². The molecule has 0 aromatic carbocycles. The summed E-state index contributed by atoms with van der Waals surface area (Å²) in [5, 5.41) is -0.149. The number of thioether (sulfide) groups is 1. The lowest BCUT2D eigenvalue weighted by molar-refractivity contribution is -0.152. The molecule has 1 N–H and O–H groups in total. The fourth-order valence-electron chi connectivity index (χ4n) is 3.08. The number of carbonyl (C=O) groups excluding carboxylic acids is 1. The summed E-state index contributed by atoms with van der Waals surface area (Å²) >= 11 is 1.49. The molecular weight excluding hydrogens is 367 g/mol.